The highest BCUT2D eigenvalue weighted by molar-refractivity contribution is 5.93. The predicted molar refractivity (Wildman–Crippen MR) is 74.1 cm³/mol. The van der Waals surface area contributed by atoms with Gasteiger partial charge in [0.05, 0.1) is 6.61 Å². The molecule has 0 aliphatic heterocycles. The molecule has 2 rings (SSSR count). The van der Waals surface area contributed by atoms with Gasteiger partial charge in [-0.25, -0.2) is 10.5 Å². The van der Waals surface area contributed by atoms with E-state index in [-0.39, 0.29) is 11.4 Å². The third-order valence-electron chi connectivity index (χ3n) is 2.72. The van der Waals surface area contributed by atoms with Crippen LogP contribution in [0.4, 0.5) is 0 Å². The molecule has 2 aromatic rings. The Morgan fingerprint density at radius 3 is 2.75 bits per heavy atom. The third-order valence-corrected chi connectivity index (χ3v) is 2.72. The average Bonchev–Trinajstić information content (AvgIpc) is 2.48. The molecule has 0 aliphatic rings. The first-order valence-corrected chi connectivity index (χ1v) is 6.37. The maximum atomic E-state index is 11.6. The van der Waals surface area contributed by atoms with Crippen molar-refractivity contribution in [2.24, 2.45) is 0 Å². The molecule has 1 heterocycles. The lowest BCUT2D eigenvalue weighted by molar-refractivity contribution is 0.0298. The molecular weight excluding hydrogens is 256 g/mol. The highest BCUT2D eigenvalue weighted by Gasteiger charge is 2.11. The first-order valence-electron chi connectivity index (χ1n) is 6.37. The van der Waals surface area contributed by atoms with E-state index in [4.69, 9.17) is 4.84 Å². The lowest BCUT2D eigenvalue weighted by Crippen LogP contribution is -2.25. The Balaban J connectivity index is 1.69. The summed E-state index contributed by atoms with van der Waals surface area (Å²) in [6.45, 7) is 0.397. The molecule has 2 N–H and O–H groups in total. The van der Waals surface area contributed by atoms with Crippen LogP contribution in [0.5, 0.6) is 5.75 Å². The number of carbonyl (C=O) groups excluding carboxylic acids is 1. The van der Waals surface area contributed by atoms with Gasteiger partial charge in [-0.1, -0.05) is 30.3 Å². The summed E-state index contributed by atoms with van der Waals surface area (Å²) in [4.78, 5) is 20.5. The topological polar surface area (TPSA) is 71.5 Å². The van der Waals surface area contributed by atoms with Gasteiger partial charge in [0.25, 0.3) is 5.91 Å². The van der Waals surface area contributed by atoms with E-state index >= 15 is 0 Å². The molecule has 5 heteroatoms. The third kappa shape index (κ3) is 4.07. The van der Waals surface area contributed by atoms with Crippen molar-refractivity contribution in [3.05, 3.63) is 59.9 Å². The van der Waals surface area contributed by atoms with Crippen LogP contribution >= 0.6 is 0 Å². The van der Waals surface area contributed by atoms with Gasteiger partial charge in [-0.2, -0.15) is 0 Å². The van der Waals surface area contributed by atoms with Gasteiger partial charge in [0, 0.05) is 6.20 Å². The van der Waals surface area contributed by atoms with E-state index in [1.54, 1.807) is 6.07 Å². The maximum absolute atomic E-state index is 11.6. The molecular formula is C15H16N2O3. The van der Waals surface area contributed by atoms with Crippen molar-refractivity contribution in [3.8, 4) is 5.75 Å². The van der Waals surface area contributed by atoms with Gasteiger partial charge in [0.15, 0.2) is 5.69 Å². The molecule has 1 amide bonds. The molecule has 0 fully saturated rings. The molecule has 0 spiro atoms. The van der Waals surface area contributed by atoms with Crippen molar-refractivity contribution in [1.82, 2.24) is 10.5 Å². The van der Waals surface area contributed by atoms with Crippen LogP contribution in [0.15, 0.2) is 48.7 Å². The smallest absolute Gasteiger partial charge is 0.297 e. The lowest BCUT2D eigenvalue weighted by atomic mass is 10.1. The number of carbonyl (C=O) groups is 1. The Hall–Kier alpha value is -2.40. The van der Waals surface area contributed by atoms with E-state index in [1.807, 2.05) is 30.3 Å². The van der Waals surface area contributed by atoms with Crippen molar-refractivity contribution in [2.45, 2.75) is 12.8 Å². The second kappa shape index (κ2) is 7.25. The molecule has 0 saturated heterocycles. The van der Waals surface area contributed by atoms with Crippen LogP contribution in [0, 0.1) is 0 Å². The first-order chi connectivity index (χ1) is 9.77. The normalized spacial score (nSPS) is 10.2. The van der Waals surface area contributed by atoms with E-state index in [0.717, 1.165) is 12.8 Å². The summed E-state index contributed by atoms with van der Waals surface area (Å²) >= 11 is 0. The summed E-state index contributed by atoms with van der Waals surface area (Å²) in [5.41, 5.74) is 3.45. The minimum atomic E-state index is -0.553. The number of hydrogen-bond donors (Lipinski definition) is 2. The number of hydrogen-bond acceptors (Lipinski definition) is 4. The fourth-order valence-electron chi connectivity index (χ4n) is 1.73. The van der Waals surface area contributed by atoms with Crippen LogP contribution in [-0.2, 0) is 11.3 Å². The summed E-state index contributed by atoms with van der Waals surface area (Å²) < 4.78 is 0. The number of rotatable bonds is 6. The Bertz CT molecular complexity index is 558. The highest BCUT2D eigenvalue weighted by atomic mass is 16.6. The maximum Gasteiger partial charge on any atom is 0.297 e. The summed E-state index contributed by atoms with van der Waals surface area (Å²) in [6, 6.07) is 13.0. The van der Waals surface area contributed by atoms with E-state index in [0.29, 0.717) is 6.61 Å². The monoisotopic (exact) mass is 272 g/mol. The minimum absolute atomic E-state index is 0.0458. The molecule has 0 unspecified atom stereocenters. The van der Waals surface area contributed by atoms with Gasteiger partial charge in [-0.3, -0.25) is 9.63 Å². The van der Waals surface area contributed by atoms with Crippen molar-refractivity contribution in [2.75, 3.05) is 6.61 Å². The molecule has 0 aliphatic carbocycles. The summed E-state index contributed by atoms with van der Waals surface area (Å²) in [6.07, 6.45) is 3.11. The zero-order valence-corrected chi connectivity index (χ0v) is 11.0. The minimum Gasteiger partial charge on any atom is -0.505 e. The second-order valence-corrected chi connectivity index (χ2v) is 4.24. The van der Waals surface area contributed by atoms with Gasteiger partial charge in [0.1, 0.15) is 5.75 Å². The number of aromatic hydroxyl groups is 1. The van der Waals surface area contributed by atoms with Crippen molar-refractivity contribution in [1.29, 1.82) is 0 Å². The number of pyridine rings is 1. The van der Waals surface area contributed by atoms with E-state index in [1.165, 1.54) is 17.8 Å². The molecule has 0 atom stereocenters. The van der Waals surface area contributed by atoms with Gasteiger partial charge >= 0.3 is 0 Å². The predicted octanol–water partition coefficient (Wildman–Crippen LogP) is 2.08. The summed E-state index contributed by atoms with van der Waals surface area (Å²) in [7, 11) is 0. The van der Waals surface area contributed by atoms with E-state index in [9.17, 15) is 9.90 Å². The Labute approximate surface area is 117 Å². The van der Waals surface area contributed by atoms with Gasteiger partial charge < -0.3 is 5.11 Å². The summed E-state index contributed by atoms with van der Waals surface area (Å²) in [5.74, 6) is -0.722. The van der Waals surface area contributed by atoms with Crippen LogP contribution in [0.1, 0.15) is 22.5 Å². The fraction of sp³-hybridized carbons (Fsp3) is 0.200. The quantitative estimate of drug-likeness (QED) is 0.624. The van der Waals surface area contributed by atoms with Gasteiger partial charge in [0.2, 0.25) is 0 Å². The van der Waals surface area contributed by atoms with Crippen molar-refractivity contribution < 1.29 is 14.7 Å². The van der Waals surface area contributed by atoms with Crippen LogP contribution in [0.25, 0.3) is 0 Å². The molecule has 1 aromatic carbocycles. The molecule has 0 bridgehead atoms. The lowest BCUT2D eigenvalue weighted by Gasteiger charge is -2.06. The summed E-state index contributed by atoms with van der Waals surface area (Å²) in [5, 5.41) is 9.45. The number of hydroxylamine groups is 1. The van der Waals surface area contributed by atoms with Crippen LogP contribution in [0.3, 0.4) is 0 Å². The Kier molecular flexibility index (Phi) is 5.08. The van der Waals surface area contributed by atoms with Gasteiger partial charge in [-0.05, 0) is 30.5 Å². The molecule has 104 valence electrons. The molecule has 1 aromatic heterocycles. The first kappa shape index (κ1) is 14.0. The SMILES string of the molecule is O=C(NOCCCc1ccccc1)c1ncccc1O. The number of aryl methyl sites for hydroxylation is 1. The standard InChI is InChI=1S/C15H16N2O3/c18-13-9-4-10-16-14(13)15(19)17-20-11-5-8-12-6-2-1-3-7-12/h1-4,6-7,9-10,18H,5,8,11H2,(H,17,19). The van der Waals surface area contributed by atoms with Crippen molar-refractivity contribution in [3.63, 3.8) is 0 Å². The number of amides is 1. The van der Waals surface area contributed by atoms with E-state index in [2.05, 4.69) is 10.5 Å². The zero-order valence-electron chi connectivity index (χ0n) is 11.0. The fourth-order valence-corrected chi connectivity index (χ4v) is 1.73. The number of aromatic nitrogens is 1. The Morgan fingerprint density at radius 1 is 1.20 bits per heavy atom. The number of benzene rings is 1. The molecule has 0 radical (unpaired) electrons. The van der Waals surface area contributed by atoms with Crippen molar-refractivity contribution >= 4 is 5.91 Å². The second-order valence-electron chi connectivity index (χ2n) is 4.24. The molecule has 5 nitrogen and oxygen atoms in total. The van der Waals surface area contributed by atoms with Crippen LogP contribution < -0.4 is 5.48 Å². The number of nitrogens with one attached hydrogen (secondary N) is 1. The zero-order chi connectivity index (χ0) is 14.2. The largest absolute Gasteiger partial charge is 0.505 e. The molecule has 20 heavy (non-hydrogen) atoms. The average molecular weight is 272 g/mol. The molecule has 0 saturated carbocycles. The van der Waals surface area contributed by atoms with Crippen LogP contribution in [-0.4, -0.2) is 22.6 Å². The highest BCUT2D eigenvalue weighted by Crippen LogP contribution is 2.11. The Morgan fingerprint density at radius 2 is 2.00 bits per heavy atom. The number of nitrogens with zero attached hydrogens (tertiary/aromatic N) is 1. The van der Waals surface area contributed by atoms with Crippen LogP contribution in [0.2, 0.25) is 0 Å². The van der Waals surface area contributed by atoms with E-state index < -0.39 is 5.91 Å². The van der Waals surface area contributed by atoms with Gasteiger partial charge in [-0.15, -0.1) is 0 Å².